The van der Waals surface area contributed by atoms with Gasteiger partial charge >= 0.3 is 0 Å². The zero-order chi connectivity index (χ0) is 19.6. The molecule has 0 amide bonds. The lowest BCUT2D eigenvalue weighted by Crippen LogP contribution is -2.14. The lowest BCUT2D eigenvalue weighted by atomic mass is 10.3. The summed E-state index contributed by atoms with van der Waals surface area (Å²) in [6.45, 7) is 7.20. The van der Waals surface area contributed by atoms with Crippen LogP contribution in [0.4, 0.5) is 23.3 Å². The van der Waals surface area contributed by atoms with Crippen molar-refractivity contribution >= 4 is 45.5 Å². The molecule has 2 heterocycles. The van der Waals surface area contributed by atoms with Gasteiger partial charge in [0.1, 0.15) is 11.6 Å². The van der Waals surface area contributed by atoms with Crippen LogP contribution in [0.2, 0.25) is 0 Å². The van der Waals surface area contributed by atoms with Crippen molar-refractivity contribution in [1.29, 1.82) is 0 Å². The summed E-state index contributed by atoms with van der Waals surface area (Å²) >= 11 is 0. The Morgan fingerprint density at radius 1 is 1.11 bits per heavy atom. The largest absolute Gasteiger partial charge is 0.325 e. The van der Waals surface area contributed by atoms with Crippen molar-refractivity contribution in [2.75, 3.05) is 10.6 Å². The third kappa shape index (κ3) is 4.60. The van der Waals surface area contributed by atoms with Gasteiger partial charge in [-0.05, 0) is 52.0 Å². The van der Waals surface area contributed by atoms with Crippen molar-refractivity contribution in [3.05, 3.63) is 47.8 Å². The van der Waals surface area contributed by atoms with Crippen LogP contribution in [0.1, 0.15) is 25.1 Å². The Morgan fingerprint density at radius 2 is 1.86 bits per heavy atom. The minimum absolute atomic E-state index is 0. The van der Waals surface area contributed by atoms with Gasteiger partial charge in [0.25, 0.3) is 0 Å². The molecule has 0 saturated heterocycles. The third-order valence-electron chi connectivity index (χ3n) is 4.20. The first-order valence-corrected chi connectivity index (χ1v) is 10.0. The van der Waals surface area contributed by atoms with Crippen molar-refractivity contribution in [3.8, 4) is 0 Å². The molecule has 3 rings (SSSR count). The van der Waals surface area contributed by atoms with Crippen molar-refractivity contribution in [2.45, 2.75) is 37.8 Å². The summed E-state index contributed by atoms with van der Waals surface area (Å²) in [6.07, 6.45) is 1.62. The topological polar surface area (TPSA) is 113 Å². The van der Waals surface area contributed by atoms with Crippen LogP contribution in [-0.2, 0) is 9.84 Å². The number of aromatic nitrogens is 4. The molecule has 0 saturated carbocycles. The Labute approximate surface area is 170 Å². The van der Waals surface area contributed by atoms with Gasteiger partial charge < -0.3 is 10.6 Å². The standard InChI is InChI=1S/C18H22N6O2S.ClH/c1-11(2)27(25,26)15-7-5-6-14(10-15)20-18-19-9-8-16(22-18)21-17-12(3)13(4)23-24-17;/h5-11H,1-4H3,(H3,19,20,21,22,23,24);1H. The maximum atomic E-state index is 12.3. The average Bonchev–Trinajstić information content (AvgIpc) is 2.94. The van der Waals surface area contributed by atoms with E-state index in [1.54, 1.807) is 50.4 Å². The number of anilines is 4. The Morgan fingerprint density at radius 3 is 2.50 bits per heavy atom. The lowest BCUT2D eigenvalue weighted by molar-refractivity contribution is 0.587. The molecule has 0 atom stereocenters. The molecule has 10 heteroatoms. The van der Waals surface area contributed by atoms with E-state index < -0.39 is 15.1 Å². The van der Waals surface area contributed by atoms with Crippen LogP contribution < -0.4 is 10.6 Å². The summed E-state index contributed by atoms with van der Waals surface area (Å²) in [5.74, 6) is 1.71. The van der Waals surface area contributed by atoms with E-state index in [-0.39, 0.29) is 17.3 Å². The number of aryl methyl sites for hydroxylation is 1. The van der Waals surface area contributed by atoms with Crippen LogP contribution in [0, 0.1) is 13.8 Å². The summed E-state index contributed by atoms with van der Waals surface area (Å²) < 4.78 is 24.7. The van der Waals surface area contributed by atoms with Gasteiger partial charge in [-0.2, -0.15) is 10.1 Å². The maximum absolute atomic E-state index is 12.3. The number of halogens is 1. The summed E-state index contributed by atoms with van der Waals surface area (Å²) in [5.41, 5.74) is 2.52. The van der Waals surface area contributed by atoms with Gasteiger partial charge in [0.15, 0.2) is 9.84 Å². The molecule has 0 unspecified atom stereocenters. The Bertz CT molecular complexity index is 1070. The summed E-state index contributed by atoms with van der Waals surface area (Å²) in [6, 6.07) is 8.37. The molecule has 2 aromatic heterocycles. The van der Waals surface area contributed by atoms with Gasteiger partial charge in [0, 0.05) is 17.4 Å². The van der Waals surface area contributed by atoms with Gasteiger partial charge in [-0.25, -0.2) is 13.4 Å². The van der Waals surface area contributed by atoms with Gasteiger partial charge in [-0.1, -0.05) is 6.07 Å². The maximum Gasteiger partial charge on any atom is 0.229 e. The predicted octanol–water partition coefficient (Wildman–Crippen LogP) is 3.91. The molecular formula is C18H23ClN6O2S. The number of nitrogens with zero attached hydrogens (tertiary/aromatic N) is 3. The van der Waals surface area contributed by atoms with E-state index in [0.29, 0.717) is 17.5 Å². The highest BCUT2D eigenvalue weighted by atomic mass is 35.5. The van der Waals surface area contributed by atoms with E-state index in [2.05, 4.69) is 30.8 Å². The number of sulfone groups is 1. The second-order valence-corrected chi connectivity index (χ2v) is 8.95. The van der Waals surface area contributed by atoms with Crippen LogP contribution in [-0.4, -0.2) is 33.8 Å². The van der Waals surface area contributed by atoms with Crippen molar-refractivity contribution in [3.63, 3.8) is 0 Å². The first-order chi connectivity index (χ1) is 12.8. The zero-order valence-corrected chi connectivity index (χ0v) is 17.6. The highest BCUT2D eigenvalue weighted by Gasteiger charge is 2.19. The van der Waals surface area contributed by atoms with Gasteiger partial charge in [0.05, 0.1) is 15.8 Å². The number of H-pyrrole nitrogens is 1. The number of aromatic amines is 1. The van der Waals surface area contributed by atoms with Crippen molar-refractivity contribution in [2.24, 2.45) is 0 Å². The normalized spacial score (nSPS) is 11.2. The van der Waals surface area contributed by atoms with Crippen LogP contribution >= 0.6 is 12.4 Å². The molecule has 0 spiro atoms. The molecule has 8 nitrogen and oxygen atoms in total. The monoisotopic (exact) mass is 422 g/mol. The molecule has 0 fully saturated rings. The van der Waals surface area contributed by atoms with Crippen molar-refractivity contribution in [1.82, 2.24) is 20.2 Å². The number of hydrogen-bond donors (Lipinski definition) is 3. The van der Waals surface area contributed by atoms with Crippen LogP contribution in [0.3, 0.4) is 0 Å². The smallest absolute Gasteiger partial charge is 0.229 e. The number of benzene rings is 1. The second kappa shape index (κ2) is 8.57. The number of hydrogen-bond acceptors (Lipinski definition) is 7. The lowest BCUT2D eigenvalue weighted by Gasteiger charge is -2.11. The molecular weight excluding hydrogens is 400 g/mol. The third-order valence-corrected chi connectivity index (χ3v) is 6.35. The molecule has 0 aliphatic heterocycles. The number of rotatable bonds is 6. The molecule has 3 aromatic rings. The summed E-state index contributed by atoms with van der Waals surface area (Å²) in [4.78, 5) is 8.87. The van der Waals surface area contributed by atoms with Crippen LogP contribution in [0.15, 0.2) is 41.4 Å². The Hall–Kier alpha value is -2.65. The van der Waals surface area contributed by atoms with Crippen LogP contribution in [0.25, 0.3) is 0 Å². The molecule has 0 aliphatic carbocycles. The van der Waals surface area contributed by atoms with E-state index >= 15 is 0 Å². The van der Waals surface area contributed by atoms with E-state index in [1.165, 1.54) is 0 Å². The van der Waals surface area contributed by atoms with E-state index in [4.69, 9.17) is 0 Å². The highest BCUT2D eigenvalue weighted by Crippen LogP contribution is 2.23. The molecule has 3 N–H and O–H groups in total. The quantitative estimate of drug-likeness (QED) is 0.551. The molecule has 0 aliphatic rings. The van der Waals surface area contributed by atoms with Gasteiger partial charge in [-0.3, -0.25) is 5.10 Å². The highest BCUT2D eigenvalue weighted by molar-refractivity contribution is 7.92. The molecule has 150 valence electrons. The minimum atomic E-state index is -3.35. The van der Waals surface area contributed by atoms with Gasteiger partial charge in [-0.15, -0.1) is 12.4 Å². The summed E-state index contributed by atoms with van der Waals surface area (Å²) in [5, 5.41) is 12.8. The minimum Gasteiger partial charge on any atom is -0.325 e. The predicted molar refractivity (Wildman–Crippen MR) is 113 cm³/mol. The van der Waals surface area contributed by atoms with E-state index in [0.717, 1.165) is 17.1 Å². The first kappa shape index (κ1) is 21.6. The van der Waals surface area contributed by atoms with Gasteiger partial charge in [0.2, 0.25) is 5.95 Å². The SMILES string of the molecule is Cc1n[nH]c(Nc2ccnc(Nc3cccc(S(=O)(=O)C(C)C)c3)n2)c1C.Cl. The number of nitrogens with one attached hydrogen (secondary N) is 3. The molecule has 28 heavy (non-hydrogen) atoms. The van der Waals surface area contributed by atoms with Crippen molar-refractivity contribution < 1.29 is 8.42 Å². The molecule has 1 aromatic carbocycles. The Kier molecular flexibility index (Phi) is 6.63. The van der Waals surface area contributed by atoms with Crippen LogP contribution in [0.5, 0.6) is 0 Å². The second-order valence-electron chi connectivity index (χ2n) is 6.45. The fraction of sp³-hybridized carbons (Fsp3) is 0.278. The summed E-state index contributed by atoms with van der Waals surface area (Å²) in [7, 11) is -3.35. The van der Waals surface area contributed by atoms with E-state index in [1.807, 2.05) is 13.8 Å². The fourth-order valence-corrected chi connectivity index (χ4v) is 3.48. The first-order valence-electron chi connectivity index (χ1n) is 8.50. The fourth-order valence-electron chi connectivity index (χ4n) is 2.38. The Balaban J connectivity index is 0.00000280. The van der Waals surface area contributed by atoms with E-state index in [9.17, 15) is 8.42 Å². The molecule has 0 bridgehead atoms. The zero-order valence-electron chi connectivity index (χ0n) is 16.0. The molecule has 0 radical (unpaired) electrons. The average molecular weight is 423 g/mol.